The first kappa shape index (κ1) is 20.5. The van der Waals surface area contributed by atoms with E-state index in [0.717, 1.165) is 22.4 Å². The molecule has 0 bridgehead atoms. The number of carbonyl (C=O) groups is 1. The second kappa shape index (κ2) is 8.27. The molecule has 0 saturated carbocycles. The van der Waals surface area contributed by atoms with Crippen LogP contribution in [0, 0.1) is 16.8 Å². The van der Waals surface area contributed by atoms with Gasteiger partial charge < -0.3 is 10.1 Å². The average Bonchev–Trinajstić information content (AvgIpc) is 2.96. The molecule has 5 rings (SSSR count). The van der Waals surface area contributed by atoms with E-state index in [1.54, 1.807) is 11.1 Å². The molecule has 1 aliphatic carbocycles. The lowest BCUT2D eigenvalue weighted by Gasteiger charge is -2.39. The summed E-state index contributed by atoms with van der Waals surface area (Å²) in [5.74, 6) is -1.82. The van der Waals surface area contributed by atoms with E-state index in [0.29, 0.717) is 49.3 Å². The molecule has 1 amide bonds. The molecule has 0 radical (unpaired) electrons. The maximum Gasteiger partial charge on any atom is 0.254 e. The first-order chi connectivity index (χ1) is 15.5. The zero-order chi connectivity index (χ0) is 22.2. The first-order valence-electron chi connectivity index (χ1n) is 10.6. The largest absolute Gasteiger partial charge is 0.619 e. The van der Waals surface area contributed by atoms with E-state index in [1.165, 1.54) is 36.7 Å². The molecular formula is C24H22F2N4O2. The topological polar surface area (TPSA) is 63.4 Å². The Morgan fingerprint density at radius 3 is 2.44 bits per heavy atom. The van der Waals surface area contributed by atoms with Crippen molar-refractivity contribution in [3.63, 3.8) is 0 Å². The predicted octanol–water partition coefficient (Wildman–Crippen LogP) is 2.64. The number of nitrogens with zero attached hydrogens (tertiary/aromatic N) is 4. The summed E-state index contributed by atoms with van der Waals surface area (Å²) in [6, 6.07) is 9.24. The molecule has 3 heterocycles. The number of rotatable bonds is 2. The number of carbonyl (C=O) groups excluding carboxylic acids is 1. The third kappa shape index (κ3) is 3.71. The zero-order valence-corrected chi connectivity index (χ0v) is 17.4. The van der Waals surface area contributed by atoms with Crippen LogP contribution in [0.3, 0.4) is 0 Å². The van der Waals surface area contributed by atoms with Crippen molar-refractivity contribution in [3.8, 4) is 0 Å². The summed E-state index contributed by atoms with van der Waals surface area (Å²) in [6.07, 6.45) is 5.68. The summed E-state index contributed by atoms with van der Waals surface area (Å²) in [5, 5.41) is 11.2. The average molecular weight is 436 g/mol. The molecule has 6 nitrogen and oxygen atoms in total. The van der Waals surface area contributed by atoms with E-state index < -0.39 is 11.6 Å². The number of hydrogen-bond donors (Lipinski definition) is 0. The van der Waals surface area contributed by atoms with Gasteiger partial charge in [0.1, 0.15) is 0 Å². The fourth-order valence-corrected chi connectivity index (χ4v) is 4.69. The van der Waals surface area contributed by atoms with Crippen molar-refractivity contribution in [2.45, 2.75) is 18.9 Å². The number of aromatic nitrogens is 2. The fraction of sp³-hybridized carbons (Fsp3) is 0.292. The van der Waals surface area contributed by atoms with Gasteiger partial charge in [0, 0.05) is 44.5 Å². The van der Waals surface area contributed by atoms with Gasteiger partial charge in [-0.25, -0.2) is 8.78 Å². The van der Waals surface area contributed by atoms with Crippen LogP contribution in [-0.4, -0.2) is 46.9 Å². The van der Waals surface area contributed by atoms with Crippen molar-refractivity contribution in [3.05, 3.63) is 99.8 Å². The number of halogens is 2. The highest BCUT2D eigenvalue weighted by molar-refractivity contribution is 5.94. The number of aryl methyl sites for hydroxylation is 2. The molecule has 164 valence electrons. The van der Waals surface area contributed by atoms with E-state index in [-0.39, 0.29) is 11.9 Å². The van der Waals surface area contributed by atoms with Crippen LogP contribution in [0.15, 0.2) is 55.0 Å². The molecule has 2 aliphatic rings. The van der Waals surface area contributed by atoms with E-state index in [2.05, 4.69) is 9.88 Å². The van der Waals surface area contributed by atoms with Gasteiger partial charge in [0.15, 0.2) is 24.0 Å². The monoisotopic (exact) mass is 436 g/mol. The Morgan fingerprint density at radius 1 is 1.00 bits per heavy atom. The molecule has 1 fully saturated rings. The number of pyridine rings is 2. The van der Waals surface area contributed by atoms with Gasteiger partial charge in [-0.3, -0.25) is 14.7 Å². The summed E-state index contributed by atoms with van der Waals surface area (Å²) in [7, 11) is 0. The quantitative estimate of drug-likeness (QED) is 0.458. The molecule has 0 spiro atoms. The molecule has 8 heteroatoms. The number of hydrogen-bond acceptors (Lipinski definition) is 4. The smallest absolute Gasteiger partial charge is 0.254 e. The zero-order valence-electron chi connectivity index (χ0n) is 17.4. The normalized spacial score (nSPS) is 18.6. The molecule has 1 aliphatic heterocycles. The Kier molecular flexibility index (Phi) is 5.30. The molecule has 1 aromatic carbocycles. The lowest BCUT2D eigenvalue weighted by molar-refractivity contribution is -0.605. The Hall–Kier alpha value is -3.39. The molecule has 0 N–H and O–H groups in total. The maximum absolute atomic E-state index is 14.2. The van der Waals surface area contributed by atoms with Crippen LogP contribution < -0.4 is 4.73 Å². The van der Waals surface area contributed by atoms with E-state index in [9.17, 15) is 18.8 Å². The molecular weight excluding hydrogens is 414 g/mol. The molecule has 1 unspecified atom stereocenters. The Labute approximate surface area is 184 Å². The van der Waals surface area contributed by atoms with Gasteiger partial charge in [-0.15, -0.1) is 0 Å². The molecule has 2 aromatic heterocycles. The summed E-state index contributed by atoms with van der Waals surface area (Å²) in [6.45, 7) is 2.12. The van der Waals surface area contributed by atoms with Crippen LogP contribution in [0.2, 0.25) is 0 Å². The van der Waals surface area contributed by atoms with Gasteiger partial charge in [-0.2, -0.15) is 4.73 Å². The summed E-state index contributed by atoms with van der Waals surface area (Å²) in [4.78, 5) is 21.4. The van der Waals surface area contributed by atoms with Crippen LogP contribution in [0.25, 0.3) is 0 Å². The highest BCUT2D eigenvalue weighted by Crippen LogP contribution is 2.37. The minimum atomic E-state index is -0.860. The van der Waals surface area contributed by atoms with Crippen molar-refractivity contribution in [1.29, 1.82) is 0 Å². The lowest BCUT2D eigenvalue weighted by Crippen LogP contribution is -2.50. The summed E-state index contributed by atoms with van der Waals surface area (Å²) < 4.78 is 28.9. The second-order valence-corrected chi connectivity index (χ2v) is 8.19. The number of piperazine rings is 1. The minimum absolute atomic E-state index is 0.127. The minimum Gasteiger partial charge on any atom is -0.619 e. The fourth-order valence-electron chi connectivity index (χ4n) is 4.69. The predicted molar refractivity (Wildman–Crippen MR) is 113 cm³/mol. The Bertz CT molecular complexity index is 1160. The number of benzene rings is 1. The molecule has 1 saturated heterocycles. The van der Waals surface area contributed by atoms with Crippen molar-refractivity contribution in [2.75, 3.05) is 26.2 Å². The molecule has 32 heavy (non-hydrogen) atoms. The first-order valence-corrected chi connectivity index (χ1v) is 10.6. The van der Waals surface area contributed by atoms with Crippen molar-refractivity contribution >= 4 is 5.91 Å². The van der Waals surface area contributed by atoms with Crippen LogP contribution in [0.4, 0.5) is 8.78 Å². The third-order valence-corrected chi connectivity index (χ3v) is 6.34. The highest BCUT2D eigenvalue weighted by Gasteiger charge is 2.34. The second-order valence-electron chi connectivity index (χ2n) is 8.19. The van der Waals surface area contributed by atoms with Gasteiger partial charge >= 0.3 is 0 Å². The third-order valence-electron chi connectivity index (χ3n) is 6.34. The Morgan fingerprint density at radius 2 is 1.69 bits per heavy atom. The van der Waals surface area contributed by atoms with Gasteiger partial charge in [-0.1, -0.05) is 6.07 Å². The SMILES string of the molecule is O=C(c1cc[n+]([O-])cc1)N1CCN(C2c3cc(F)c(F)cc3CCc3cccnc32)CC1. The molecule has 3 aromatic rings. The van der Waals surface area contributed by atoms with Crippen LogP contribution in [0.5, 0.6) is 0 Å². The number of amides is 1. The van der Waals surface area contributed by atoms with Gasteiger partial charge in [0.25, 0.3) is 5.91 Å². The van der Waals surface area contributed by atoms with E-state index >= 15 is 0 Å². The maximum atomic E-state index is 14.2. The van der Waals surface area contributed by atoms with Crippen molar-refractivity contribution in [1.82, 2.24) is 14.8 Å². The van der Waals surface area contributed by atoms with Crippen LogP contribution in [0.1, 0.15) is 38.8 Å². The Balaban J connectivity index is 1.43. The highest BCUT2D eigenvalue weighted by atomic mass is 19.2. The summed E-state index contributed by atoms with van der Waals surface area (Å²) >= 11 is 0. The van der Waals surface area contributed by atoms with E-state index in [4.69, 9.17) is 0 Å². The standard InChI is InChI=1S/C24H22F2N4O2/c25-20-14-18-4-3-16-2-1-7-27-22(16)23(19(18)15-21(20)26)28-10-12-29(13-11-28)24(31)17-5-8-30(32)9-6-17/h1-2,5-9,14-15,23H,3-4,10-13H2. The van der Waals surface area contributed by atoms with Gasteiger partial charge in [0.05, 0.1) is 17.3 Å². The van der Waals surface area contributed by atoms with E-state index in [1.807, 2.05) is 12.1 Å². The lowest BCUT2D eigenvalue weighted by atomic mass is 9.95. The van der Waals surface area contributed by atoms with Crippen LogP contribution >= 0.6 is 0 Å². The van der Waals surface area contributed by atoms with Crippen LogP contribution in [-0.2, 0) is 12.8 Å². The summed E-state index contributed by atoms with van der Waals surface area (Å²) in [5.41, 5.74) is 3.93. The van der Waals surface area contributed by atoms with Gasteiger partial charge in [0.2, 0.25) is 0 Å². The van der Waals surface area contributed by atoms with Gasteiger partial charge in [-0.05, 0) is 47.7 Å². The van der Waals surface area contributed by atoms with Crippen molar-refractivity contribution in [2.24, 2.45) is 0 Å². The van der Waals surface area contributed by atoms with Crippen molar-refractivity contribution < 1.29 is 18.3 Å². The molecule has 1 atom stereocenters. The number of fused-ring (bicyclic) bond motifs is 2.